The Labute approximate surface area is 124 Å². The molecule has 0 saturated heterocycles. The van der Waals surface area contributed by atoms with Crippen LogP contribution < -0.4 is 10.2 Å². The standard InChI is InChI=1S/C15H22N2O4/c1-10-5-11(2)7-12(6-10)17(3)15(20)16-9-13(21-4)8-14(18)19/h5-7,13H,8-9H2,1-4H3,(H,16,20)(H,18,19). The summed E-state index contributed by atoms with van der Waals surface area (Å²) in [5.74, 6) is -0.959. The van der Waals surface area contributed by atoms with Gasteiger partial charge in [0.05, 0.1) is 12.5 Å². The van der Waals surface area contributed by atoms with Gasteiger partial charge in [0.1, 0.15) is 0 Å². The molecule has 0 fully saturated rings. The molecule has 0 aromatic heterocycles. The number of aryl methyl sites for hydroxylation is 2. The van der Waals surface area contributed by atoms with Crippen molar-refractivity contribution >= 4 is 17.7 Å². The third-order valence-corrected chi connectivity index (χ3v) is 3.11. The quantitative estimate of drug-likeness (QED) is 0.840. The average Bonchev–Trinajstić information content (AvgIpc) is 2.40. The highest BCUT2D eigenvalue weighted by Gasteiger charge is 2.16. The van der Waals surface area contributed by atoms with E-state index in [1.165, 1.54) is 12.0 Å². The number of nitrogens with one attached hydrogen (secondary N) is 1. The van der Waals surface area contributed by atoms with Crippen molar-refractivity contribution in [1.82, 2.24) is 5.32 Å². The second kappa shape index (κ2) is 7.64. The Bertz CT molecular complexity index is 496. The van der Waals surface area contributed by atoms with Gasteiger partial charge in [0.25, 0.3) is 0 Å². The van der Waals surface area contributed by atoms with Gasteiger partial charge in [-0.3, -0.25) is 9.69 Å². The van der Waals surface area contributed by atoms with Crippen LogP contribution in [0.15, 0.2) is 18.2 Å². The van der Waals surface area contributed by atoms with Gasteiger partial charge in [0.2, 0.25) is 0 Å². The molecule has 21 heavy (non-hydrogen) atoms. The molecule has 0 aliphatic heterocycles. The molecule has 2 N–H and O–H groups in total. The number of nitrogens with zero attached hydrogens (tertiary/aromatic N) is 1. The summed E-state index contributed by atoms with van der Waals surface area (Å²) >= 11 is 0. The summed E-state index contributed by atoms with van der Waals surface area (Å²) in [7, 11) is 3.09. The number of carboxylic acid groups (broad SMARTS) is 1. The number of methoxy groups -OCH3 is 1. The van der Waals surface area contributed by atoms with Gasteiger partial charge in [-0.15, -0.1) is 0 Å². The van der Waals surface area contributed by atoms with E-state index in [4.69, 9.17) is 9.84 Å². The molecule has 0 saturated carbocycles. The molecule has 0 aliphatic rings. The minimum atomic E-state index is -0.959. The Balaban J connectivity index is 2.64. The minimum absolute atomic E-state index is 0.149. The molecular weight excluding hydrogens is 272 g/mol. The molecule has 2 amide bonds. The van der Waals surface area contributed by atoms with Crippen molar-refractivity contribution in [2.75, 3.05) is 25.6 Å². The van der Waals surface area contributed by atoms with Gasteiger partial charge in [-0.1, -0.05) is 6.07 Å². The third-order valence-electron chi connectivity index (χ3n) is 3.11. The molecule has 1 rings (SSSR count). The van der Waals surface area contributed by atoms with E-state index in [1.807, 2.05) is 32.0 Å². The van der Waals surface area contributed by atoms with Crippen molar-refractivity contribution < 1.29 is 19.4 Å². The van der Waals surface area contributed by atoms with E-state index in [1.54, 1.807) is 7.05 Å². The van der Waals surface area contributed by atoms with E-state index in [0.29, 0.717) is 0 Å². The minimum Gasteiger partial charge on any atom is -0.481 e. The summed E-state index contributed by atoms with van der Waals surface area (Å²) in [6.07, 6.45) is -0.691. The first-order chi connectivity index (χ1) is 9.83. The van der Waals surface area contributed by atoms with Gasteiger partial charge in [-0.25, -0.2) is 4.79 Å². The normalized spacial score (nSPS) is 11.8. The number of hydrogen-bond acceptors (Lipinski definition) is 3. The third kappa shape index (κ3) is 5.43. The first-order valence-electron chi connectivity index (χ1n) is 6.68. The molecule has 0 bridgehead atoms. The highest BCUT2D eigenvalue weighted by Crippen LogP contribution is 2.17. The topological polar surface area (TPSA) is 78.9 Å². The molecule has 6 nitrogen and oxygen atoms in total. The molecule has 1 unspecified atom stereocenters. The lowest BCUT2D eigenvalue weighted by atomic mass is 10.1. The highest BCUT2D eigenvalue weighted by molar-refractivity contribution is 5.91. The van der Waals surface area contributed by atoms with Crippen molar-refractivity contribution in [2.24, 2.45) is 0 Å². The second-order valence-corrected chi connectivity index (χ2v) is 5.05. The van der Waals surface area contributed by atoms with Gasteiger partial charge in [0, 0.05) is 26.4 Å². The summed E-state index contributed by atoms with van der Waals surface area (Å²) < 4.78 is 5.02. The number of benzene rings is 1. The fourth-order valence-electron chi connectivity index (χ4n) is 2.01. The zero-order chi connectivity index (χ0) is 16.0. The number of carboxylic acids is 1. The number of carbonyl (C=O) groups is 2. The van der Waals surface area contributed by atoms with Crippen LogP contribution in [0.3, 0.4) is 0 Å². The number of rotatable bonds is 6. The number of aliphatic carboxylic acids is 1. The summed E-state index contributed by atoms with van der Waals surface area (Å²) in [6.45, 7) is 4.09. The van der Waals surface area contributed by atoms with Crippen LogP contribution in [-0.4, -0.2) is 43.9 Å². The highest BCUT2D eigenvalue weighted by atomic mass is 16.5. The predicted molar refractivity (Wildman–Crippen MR) is 80.8 cm³/mol. The average molecular weight is 294 g/mol. The lowest BCUT2D eigenvalue weighted by Gasteiger charge is -2.21. The van der Waals surface area contributed by atoms with Crippen molar-refractivity contribution in [3.63, 3.8) is 0 Å². The van der Waals surface area contributed by atoms with Crippen LogP contribution in [0.4, 0.5) is 10.5 Å². The Kier molecular flexibility index (Phi) is 6.17. The Morgan fingerprint density at radius 3 is 2.33 bits per heavy atom. The van der Waals surface area contributed by atoms with Gasteiger partial charge in [-0.2, -0.15) is 0 Å². The predicted octanol–water partition coefficient (Wildman–Crippen LogP) is 1.94. The van der Waals surface area contributed by atoms with Crippen LogP contribution in [0.2, 0.25) is 0 Å². The number of carbonyl (C=O) groups excluding carboxylic acids is 1. The summed E-state index contributed by atoms with van der Waals surface area (Å²) in [5, 5.41) is 11.4. The van der Waals surface area contributed by atoms with Gasteiger partial charge in [-0.05, 0) is 37.1 Å². The lowest BCUT2D eigenvalue weighted by molar-refractivity contribution is -0.139. The molecule has 1 aromatic carbocycles. The maximum Gasteiger partial charge on any atom is 0.321 e. The van der Waals surface area contributed by atoms with Crippen LogP contribution in [0.1, 0.15) is 17.5 Å². The fraction of sp³-hybridized carbons (Fsp3) is 0.467. The van der Waals surface area contributed by atoms with E-state index in [0.717, 1.165) is 16.8 Å². The monoisotopic (exact) mass is 294 g/mol. The number of urea groups is 1. The van der Waals surface area contributed by atoms with Crippen molar-refractivity contribution in [1.29, 1.82) is 0 Å². The first kappa shape index (κ1) is 17.0. The van der Waals surface area contributed by atoms with Crippen LogP contribution >= 0.6 is 0 Å². The number of hydrogen-bond donors (Lipinski definition) is 2. The van der Waals surface area contributed by atoms with Crippen LogP contribution in [0.25, 0.3) is 0 Å². The lowest BCUT2D eigenvalue weighted by Crippen LogP contribution is -2.42. The summed E-state index contributed by atoms with van der Waals surface area (Å²) in [6, 6.07) is 5.56. The zero-order valence-corrected chi connectivity index (χ0v) is 12.8. The molecule has 116 valence electrons. The summed E-state index contributed by atoms with van der Waals surface area (Å²) in [4.78, 5) is 24.2. The van der Waals surface area contributed by atoms with Gasteiger partial charge in [0.15, 0.2) is 0 Å². The molecular formula is C15H22N2O4. The van der Waals surface area contributed by atoms with E-state index in [2.05, 4.69) is 5.32 Å². The Morgan fingerprint density at radius 2 is 1.86 bits per heavy atom. The molecule has 1 aromatic rings. The largest absolute Gasteiger partial charge is 0.481 e. The Hall–Kier alpha value is -2.08. The van der Waals surface area contributed by atoms with Crippen molar-refractivity contribution in [3.8, 4) is 0 Å². The van der Waals surface area contributed by atoms with Crippen molar-refractivity contribution in [3.05, 3.63) is 29.3 Å². The van der Waals surface area contributed by atoms with Crippen molar-refractivity contribution in [2.45, 2.75) is 26.4 Å². The number of amides is 2. The maximum absolute atomic E-state index is 12.1. The molecule has 0 spiro atoms. The van der Waals surface area contributed by atoms with E-state index >= 15 is 0 Å². The number of anilines is 1. The first-order valence-corrected chi connectivity index (χ1v) is 6.68. The molecule has 6 heteroatoms. The summed E-state index contributed by atoms with van der Waals surface area (Å²) in [5.41, 5.74) is 2.94. The fourth-order valence-corrected chi connectivity index (χ4v) is 2.01. The number of ether oxygens (including phenoxy) is 1. The molecule has 0 radical (unpaired) electrons. The second-order valence-electron chi connectivity index (χ2n) is 5.05. The Morgan fingerprint density at radius 1 is 1.29 bits per heavy atom. The van der Waals surface area contributed by atoms with Gasteiger partial charge < -0.3 is 15.2 Å². The van der Waals surface area contributed by atoms with E-state index in [-0.39, 0.29) is 19.0 Å². The van der Waals surface area contributed by atoms with Crippen LogP contribution in [0, 0.1) is 13.8 Å². The molecule has 1 atom stereocenters. The van der Waals surface area contributed by atoms with E-state index in [9.17, 15) is 9.59 Å². The molecule has 0 heterocycles. The van der Waals surface area contributed by atoms with Gasteiger partial charge >= 0.3 is 12.0 Å². The van der Waals surface area contributed by atoms with E-state index < -0.39 is 12.1 Å². The maximum atomic E-state index is 12.1. The van der Waals surface area contributed by atoms with Crippen LogP contribution in [0.5, 0.6) is 0 Å². The zero-order valence-electron chi connectivity index (χ0n) is 12.8. The van der Waals surface area contributed by atoms with Crippen LogP contribution in [-0.2, 0) is 9.53 Å². The molecule has 0 aliphatic carbocycles. The smallest absolute Gasteiger partial charge is 0.321 e. The SMILES string of the molecule is COC(CNC(=O)N(C)c1cc(C)cc(C)c1)CC(=O)O.